The normalized spacial score (nSPS) is 12.4. The Morgan fingerprint density at radius 1 is 1.25 bits per heavy atom. The molecule has 8 radical (unpaired) electrons. The molecule has 0 saturated heterocycles. The highest BCUT2D eigenvalue weighted by Gasteiger charge is 2.45. The Balaban J connectivity index is 2.88. The third kappa shape index (κ3) is 3.32. The molecule has 1 aromatic carbocycles. The fourth-order valence-electron chi connectivity index (χ4n) is 1.75. The summed E-state index contributed by atoms with van der Waals surface area (Å²) >= 11 is 0. The van der Waals surface area contributed by atoms with Crippen molar-refractivity contribution in [2.75, 3.05) is 0 Å². The van der Waals surface area contributed by atoms with Gasteiger partial charge in [-0.15, -0.1) is 5.72 Å². The molecule has 0 aliphatic heterocycles. The van der Waals surface area contributed by atoms with Gasteiger partial charge in [0.1, 0.15) is 0 Å². The lowest BCUT2D eigenvalue weighted by Crippen LogP contribution is -2.48. The van der Waals surface area contributed by atoms with E-state index < -0.39 is 22.3 Å². The first-order valence-electron chi connectivity index (χ1n) is 6.24. The van der Waals surface area contributed by atoms with E-state index in [1.54, 1.807) is 12.1 Å². The van der Waals surface area contributed by atoms with Gasteiger partial charge in [0.25, 0.3) is 5.91 Å². The minimum atomic E-state index is -1.65. The molecule has 1 aromatic rings. The van der Waals surface area contributed by atoms with Gasteiger partial charge < -0.3 is 0 Å². The first-order chi connectivity index (χ1) is 9.10. The smallest absolute Gasteiger partial charge is 0.250 e. The molecule has 0 atom stereocenters. The zero-order valence-corrected chi connectivity index (χ0v) is 11.8. The van der Waals surface area contributed by atoms with Gasteiger partial charge in [-0.3, -0.25) is 10.0 Å². The van der Waals surface area contributed by atoms with E-state index in [0.717, 1.165) is 5.56 Å². The Morgan fingerprint density at radius 3 is 2.20 bits per heavy atom. The molecule has 0 heterocycles. The highest BCUT2D eigenvalue weighted by Crippen LogP contribution is 2.47. The predicted octanol–water partition coefficient (Wildman–Crippen LogP) is 0.967. The third-order valence-electron chi connectivity index (χ3n) is 3.58. The van der Waals surface area contributed by atoms with Crippen LogP contribution in [0, 0.1) is 5.41 Å². The number of hydrogen-bond acceptors (Lipinski definition) is 2. The van der Waals surface area contributed by atoms with Crippen LogP contribution >= 0.6 is 0 Å². The van der Waals surface area contributed by atoms with Crippen LogP contribution in [0.1, 0.15) is 19.4 Å². The lowest BCUT2D eigenvalue weighted by Gasteiger charge is -2.46. The third-order valence-corrected chi connectivity index (χ3v) is 3.58. The highest BCUT2D eigenvalue weighted by molar-refractivity contribution is 6.52. The Labute approximate surface area is 125 Å². The van der Waals surface area contributed by atoms with E-state index in [1.807, 2.05) is 18.2 Å². The Morgan fingerprint density at radius 2 is 1.75 bits per heavy atom. The quantitative estimate of drug-likeness (QED) is 0.487. The number of rotatable bonds is 5. The number of carbonyl (C=O) groups is 1. The van der Waals surface area contributed by atoms with Gasteiger partial charge in [0, 0.05) is 5.41 Å². The maximum Gasteiger partial charge on any atom is 0.250 e. The van der Waals surface area contributed by atoms with E-state index in [4.69, 9.17) is 31.4 Å². The monoisotopic (exact) mass is 261 g/mol. The van der Waals surface area contributed by atoms with Gasteiger partial charge in [0.2, 0.25) is 0 Å². The molecule has 20 heavy (non-hydrogen) atoms. The maximum absolute atomic E-state index is 12.3. The number of hydrogen-bond donors (Lipinski definition) is 1. The first kappa shape index (κ1) is 17.0. The van der Waals surface area contributed by atoms with Crippen LogP contribution in [-0.4, -0.2) is 47.6 Å². The van der Waals surface area contributed by atoms with Crippen LogP contribution in [-0.2, 0) is 11.3 Å². The summed E-state index contributed by atoms with van der Waals surface area (Å²) in [5.41, 5.74) is -1.66. The molecular formula is C13H15B4NO2. The molecule has 0 aliphatic carbocycles. The molecule has 1 N–H and O–H groups in total. The van der Waals surface area contributed by atoms with Crippen LogP contribution in [0.25, 0.3) is 0 Å². The van der Waals surface area contributed by atoms with Gasteiger partial charge in [0.05, 0.1) is 37.9 Å². The molecule has 0 aromatic heterocycles. The van der Waals surface area contributed by atoms with Crippen LogP contribution in [0.15, 0.2) is 30.3 Å². The van der Waals surface area contributed by atoms with E-state index >= 15 is 0 Å². The first-order valence-corrected chi connectivity index (χ1v) is 6.24. The van der Waals surface area contributed by atoms with Gasteiger partial charge in [-0.2, -0.15) is 0 Å². The Bertz CT molecular complexity index is 463. The molecular weight excluding hydrogens is 245 g/mol. The fourth-order valence-corrected chi connectivity index (χ4v) is 1.75. The predicted molar refractivity (Wildman–Crippen MR) is 82.0 cm³/mol. The molecule has 0 saturated carbocycles. The molecule has 0 unspecified atom stereocenters. The summed E-state index contributed by atoms with van der Waals surface area (Å²) in [6, 6.07) is 9.04. The highest BCUT2D eigenvalue weighted by atomic mass is 16.5. The van der Waals surface area contributed by atoms with Crippen LogP contribution < -0.4 is 0 Å². The summed E-state index contributed by atoms with van der Waals surface area (Å²) in [6.45, 7) is 3.02. The van der Waals surface area contributed by atoms with Crippen LogP contribution in [0.2, 0.25) is 10.9 Å². The average Bonchev–Trinajstić information content (AvgIpc) is 2.38. The average molecular weight is 261 g/mol. The second-order valence-electron chi connectivity index (χ2n) is 5.43. The standard InChI is InChI=1S/C13H15B4NO2/c1-12(2,13(16,17)10(14)15)11(19)18(20)8-9-6-4-3-5-7-9/h3-7,10,20H,8H2,1-2H3. The lowest BCUT2D eigenvalue weighted by molar-refractivity contribution is -0.179. The zero-order valence-electron chi connectivity index (χ0n) is 11.8. The summed E-state index contributed by atoms with van der Waals surface area (Å²) in [4.78, 5) is 12.3. The summed E-state index contributed by atoms with van der Waals surface area (Å²) in [7, 11) is 22.7. The Kier molecular flexibility index (Phi) is 5.20. The van der Waals surface area contributed by atoms with Crippen molar-refractivity contribution >= 4 is 37.3 Å². The molecule has 0 spiro atoms. The van der Waals surface area contributed by atoms with E-state index in [0.29, 0.717) is 5.06 Å². The lowest BCUT2D eigenvalue weighted by atomic mass is 9.31. The van der Waals surface area contributed by atoms with Gasteiger partial charge in [-0.1, -0.05) is 49.4 Å². The number of carbonyl (C=O) groups excluding carboxylic acids is 1. The van der Waals surface area contributed by atoms with Crippen LogP contribution in [0.5, 0.6) is 0 Å². The molecule has 96 valence electrons. The second-order valence-corrected chi connectivity index (χ2v) is 5.43. The number of amides is 1. The number of hydroxylamine groups is 2. The van der Waals surface area contributed by atoms with Gasteiger partial charge >= 0.3 is 0 Å². The summed E-state index contributed by atoms with van der Waals surface area (Å²) in [6.07, 6.45) is 0. The van der Waals surface area contributed by atoms with Gasteiger partial charge in [-0.25, -0.2) is 5.06 Å². The van der Waals surface area contributed by atoms with E-state index in [1.165, 1.54) is 13.8 Å². The number of benzene rings is 1. The van der Waals surface area contributed by atoms with Crippen molar-refractivity contribution in [2.45, 2.75) is 31.3 Å². The molecule has 0 aliphatic rings. The molecule has 7 heteroatoms. The van der Waals surface area contributed by atoms with Crippen molar-refractivity contribution < 1.29 is 10.0 Å². The van der Waals surface area contributed by atoms with Crippen molar-refractivity contribution in [3.63, 3.8) is 0 Å². The molecule has 1 amide bonds. The van der Waals surface area contributed by atoms with Crippen molar-refractivity contribution in [1.82, 2.24) is 5.06 Å². The summed E-state index contributed by atoms with van der Waals surface area (Å²) in [5, 5.41) is 8.87. The molecule has 0 fully saturated rings. The fraction of sp³-hybridized carbons (Fsp3) is 0.462. The summed E-state index contributed by atoms with van der Waals surface area (Å²) < 4.78 is 0. The largest absolute Gasteiger partial charge is 0.286 e. The van der Waals surface area contributed by atoms with Gasteiger partial charge in [0.15, 0.2) is 0 Å². The molecule has 1 rings (SSSR count). The Hall–Kier alpha value is -1.09. The molecule has 0 bridgehead atoms. The van der Waals surface area contributed by atoms with Gasteiger partial charge in [-0.05, 0) is 5.56 Å². The van der Waals surface area contributed by atoms with Crippen LogP contribution in [0.3, 0.4) is 0 Å². The van der Waals surface area contributed by atoms with E-state index in [-0.39, 0.29) is 6.54 Å². The minimum absolute atomic E-state index is 0.0268. The van der Waals surface area contributed by atoms with E-state index in [2.05, 4.69) is 0 Å². The second kappa shape index (κ2) is 6.13. The topological polar surface area (TPSA) is 40.5 Å². The van der Waals surface area contributed by atoms with Crippen LogP contribution in [0.4, 0.5) is 0 Å². The van der Waals surface area contributed by atoms with Crippen molar-refractivity contribution in [3.05, 3.63) is 35.9 Å². The maximum atomic E-state index is 12.3. The SMILES string of the molecule is [B]C([B])C([B])([B])C(C)(C)C(=O)N(O)Cc1ccccc1. The van der Waals surface area contributed by atoms with Crippen molar-refractivity contribution in [1.29, 1.82) is 0 Å². The van der Waals surface area contributed by atoms with E-state index in [9.17, 15) is 10.0 Å². The molecule has 3 nitrogen and oxygen atoms in total. The minimum Gasteiger partial charge on any atom is -0.286 e. The zero-order chi connectivity index (χ0) is 15.6. The number of nitrogens with zero attached hydrogens (tertiary/aromatic N) is 1. The van der Waals surface area contributed by atoms with Crippen molar-refractivity contribution in [2.24, 2.45) is 5.41 Å². The summed E-state index contributed by atoms with van der Waals surface area (Å²) in [5.74, 6) is -0.646. The van der Waals surface area contributed by atoms with Crippen molar-refractivity contribution in [3.8, 4) is 0 Å².